The molecule has 2 heterocycles. The minimum absolute atomic E-state index is 0.0674. The maximum atomic E-state index is 12.6. The number of carbonyl (C=O) groups excluding carboxylic acids is 2. The quantitative estimate of drug-likeness (QED) is 0.838. The van der Waals surface area contributed by atoms with Gasteiger partial charge in [0, 0.05) is 29.6 Å². The number of hydrogen-bond donors (Lipinski definition) is 1. The maximum Gasteiger partial charge on any atom is 0.231 e. The number of nitrogens with zero attached hydrogens (tertiary/aromatic N) is 1. The molecular weight excluding hydrogens is 352 g/mol. The number of benzene rings is 2. The summed E-state index contributed by atoms with van der Waals surface area (Å²) in [6.45, 7) is 0.540. The van der Waals surface area contributed by atoms with E-state index in [1.807, 2.05) is 36.6 Å². The Labute approximate surface area is 155 Å². The molecule has 6 nitrogen and oxygen atoms in total. The van der Waals surface area contributed by atoms with Gasteiger partial charge in [0.1, 0.15) is 0 Å². The van der Waals surface area contributed by atoms with Crippen LogP contribution in [0, 0.1) is 5.92 Å². The number of para-hydroxylation sites is 1. The molecule has 0 aromatic heterocycles. The summed E-state index contributed by atoms with van der Waals surface area (Å²) in [7, 11) is 0. The summed E-state index contributed by atoms with van der Waals surface area (Å²) in [5.41, 5.74) is 1.50. The van der Waals surface area contributed by atoms with Crippen molar-refractivity contribution in [2.75, 3.05) is 29.8 Å². The van der Waals surface area contributed by atoms with Crippen molar-refractivity contribution in [3.05, 3.63) is 42.5 Å². The molecule has 1 fully saturated rings. The Morgan fingerprint density at radius 3 is 2.85 bits per heavy atom. The summed E-state index contributed by atoms with van der Waals surface area (Å²) in [6, 6.07) is 13.0. The Kier molecular flexibility index (Phi) is 4.46. The largest absolute Gasteiger partial charge is 0.454 e. The molecule has 1 saturated heterocycles. The highest BCUT2D eigenvalue weighted by Crippen LogP contribution is 2.37. The third-order valence-corrected chi connectivity index (χ3v) is 5.32. The molecule has 7 heteroatoms. The van der Waals surface area contributed by atoms with Crippen molar-refractivity contribution in [3.63, 3.8) is 0 Å². The highest BCUT2D eigenvalue weighted by molar-refractivity contribution is 7.98. The van der Waals surface area contributed by atoms with Crippen molar-refractivity contribution in [1.29, 1.82) is 0 Å². The van der Waals surface area contributed by atoms with Gasteiger partial charge >= 0.3 is 0 Å². The summed E-state index contributed by atoms with van der Waals surface area (Å²) in [5.74, 6) is 0.702. The van der Waals surface area contributed by atoms with Gasteiger partial charge in [0.2, 0.25) is 18.6 Å². The number of hydrogen-bond acceptors (Lipinski definition) is 5. The van der Waals surface area contributed by atoms with E-state index in [2.05, 4.69) is 5.32 Å². The highest BCUT2D eigenvalue weighted by Gasteiger charge is 2.35. The summed E-state index contributed by atoms with van der Waals surface area (Å²) in [4.78, 5) is 27.7. The number of thioether (sulfide) groups is 1. The van der Waals surface area contributed by atoms with Crippen molar-refractivity contribution in [1.82, 2.24) is 0 Å². The van der Waals surface area contributed by atoms with Crippen LogP contribution in [-0.4, -0.2) is 31.4 Å². The third kappa shape index (κ3) is 3.10. The molecule has 0 radical (unpaired) electrons. The molecule has 1 N–H and O–H groups in total. The first kappa shape index (κ1) is 16.8. The van der Waals surface area contributed by atoms with Crippen LogP contribution in [0.1, 0.15) is 6.42 Å². The zero-order valence-electron chi connectivity index (χ0n) is 14.2. The highest BCUT2D eigenvalue weighted by atomic mass is 32.2. The second kappa shape index (κ2) is 6.92. The van der Waals surface area contributed by atoms with Gasteiger partial charge in [-0.25, -0.2) is 0 Å². The lowest BCUT2D eigenvalue weighted by Gasteiger charge is -2.17. The van der Waals surface area contributed by atoms with E-state index >= 15 is 0 Å². The molecule has 0 bridgehead atoms. The van der Waals surface area contributed by atoms with Crippen molar-refractivity contribution >= 4 is 35.0 Å². The number of nitrogens with one attached hydrogen (secondary N) is 1. The molecule has 0 aliphatic carbocycles. The standard InChI is InChI=1S/C19H18N2O4S/c1-26-17-5-3-2-4-14(17)20-19(23)12-8-18(22)21(10-12)13-6-7-15-16(9-13)25-11-24-15/h2-7,9,12H,8,10-11H2,1H3,(H,20,23). The van der Waals surface area contributed by atoms with Crippen molar-refractivity contribution in [3.8, 4) is 11.5 Å². The van der Waals surface area contributed by atoms with Gasteiger partial charge in [-0.05, 0) is 30.5 Å². The summed E-state index contributed by atoms with van der Waals surface area (Å²) in [5, 5.41) is 2.95. The molecule has 2 aromatic rings. The van der Waals surface area contributed by atoms with Crippen LogP contribution in [0.15, 0.2) is 47.4 Å². The molecule has 2 aliphatic heterocycles. The van der Waals surface area contributed by atoms with E-state index in [0.29, 0.717) is 18.0 Å². The number of rotatable bonds is 4. The number of fused-ring (bicyclic) bond motifs is 1. The van der Waals surface area contributed by atoms with Gasteiger partial charge in [-0.1, -0.05) is 12.1 Å². The van der Waals surface area contributed by atoms with Crippen LogP contribution in [-0.2, 0) is 9.59 Å². The molecule has 2 aromatic carbocycles. The molecule has 2 amide bonds. The van der Waals surface area contributed by atoms with Gasteiger partial charge < -0.3 is 19.7 Å². The van der Waals surface area contributed by atoms with E-state index in [9.17, 15) is 9.59 Å². The van der Waals surface area contributed by atoms with Gasteiger partial charge in [-0.15, -0.1) is 11.8 Å². The van der Waals surface area contributed by atoms with Gasteiger partial charge in [-0.2, -0.15) is 0 Å². The van der Waals surface area contributed by atoms with E-state index in [1.54, 1.807) is 28.8 Å². The average molecular weight is 370 g/mol. The minimum Gasteiger partial charge on any atom is -0.454 e. The van der Waals surface area contributed by atoms with Crippen LogP contribution in [0.25, 0.3) is 0 Å². The van der Waals surface area contributed by atoms with Crippen LogP contribution in [0.4, 0.5) is 11.4 Å². The smallest absolute Gasteiger partial charge is 0.231 e. The summed E-state index contributed by atoms with van der Waals surface area (Å²) >= 11 is 1.57. The zero-order chi connectivity index (χ0) is 18.1. The molecule has 2 aliphatic rings. The third-order valence-electron chi connectivity index (χ3n) is 4.53. The van der Waals surface area contributed by atoms with Crippen LogP contribution in [0.2, 0.25) is 0 Å². The monoisotopic (exact) mass is 370 g/mol. The van der Waals surface area contributed by atoms with Crippen molar-refractivity contribution in [2.24, 2.45) is 5.92 Å². The molecule has 0 spiro atoms. The van der Waals surface area contributed by atoms with Crippen LogP contribution in [0.3, 0.4) is 0 Å². The van der Waals surface area contributed by atoms with E-state index < -0.39 is 0 Å². The first-order chi connectivity index (χ1) is 12.7. The Morgan fingerprint density at radius 2 is 2.00 bits per heavy atom. The topological polar surface area (TPSA) is 67.9 Å². The van der Waals surface area contributed by atoms with E-state index in [0.717, 1.165) is 16.3 Å². The summed E-state index contributed by atoms with van der Waals surface area (Å²) in [6.07, 6.45) is 2.16. The van der Waals surface area contributed by atoms with Gasteiger partial charge in [-0.3, -0.25) is 9.59 Å². The lowest BCUT2D eigenvalue weighted by molar-refractivity contribution is -0.122. The first-order valence-corrected chi connectivity index (χ1v) is 9.52. The molecule has 4 rings (SSSR count). The average Bonchev–Trinajstić information content (AvgIpc) is 3.27. The van der Waals surface area contributed by atoms with Crippen LogP contribution < -0.4 is 19.7 Å². The van der Waals surface area contributed by atoms with Gasteiger partial charge in [0.15, 0.2) is 11.5 Å². The minimum atomic E-state index is -0.386. The Bertz CT molecular complexity index is 870. The van der Waals surface area contributed by atoms with Crippen LogP contribution >= 0.6 is 11.8 Å². The van der Waals surface area contributed by atoms with Gasteiger partial charge in [0.25, 0.3) is 0 Å². The van der Waals surface area contributed by atoms with Gasteiger partial charge in [0.05, 0.1) is 11.6 Å². The van der Waals surface area contributed by atoms with E-state index in [1.165, 1.54) is 0 Å². The zero-order valence-corrected chi connectivity index (χ0v) is 15.0. The molecule has 1 unspecified atom stereocenters. The Hall–Kier alpha value is -2.67. The van der Waals surface area contributed by atoms with Crippen LogP contribution in [0.5, 0.6) is 11.5 Å². The second-order valence-electron chi connectivity index (χ2n) is 6.13. The predicted octanol–water partition coefficient (Wildman–Crippen LogP) is 3.13. The number of anilines is 2. The lowest BCUT2D eigenvalue weighted by Crippen LogP contribution is -2.28. The number of amides is 2. The number of carbonyl (C=O) groups is 2. The first-order valence-electron chi connectivity index (χ1n) is 8.29. The molecule has 134 valence electrons. The summed E-state index contributed by atoms with van der Waals surface area (Å²) < 4.78 is 10.7. The fraction of sp³-hybridized carbons (Fsp3) is 0.263. The van der Waals surface area contributed by atoms with E-state index in [4.69, 9.17) is 9.47 Å². The SMILES string of the molecule is CSc1ccccc1NC(=O)C1CC(=O)N(c2ccc3c(c2)OCO3)C1. The van der Waals surface area contributed by atoms with Crippen molar-refractivity contribution < 1.29 is 19.1 Å². The molecule has 0 saturated carbocycles. The molecule has 26 heavy (non-hydrogen) atoms. The van der Waals surface area contributed by atoms with E-state index in [-0.39, 0.29) is 30.9 Å². The second-order valence-corrected chi connectivity index (χ2v) is 6.98. The van der Waals surface area contributed by atoms with Crippen molar-refractivity contribution in [2.45, 2.75) is 11.3 Å². The fourth-order valence-corrected chi connectivity index (χ4v) is 3.72. The predicted molar refractivity (Wildman–Crippen MR) is 99.9 cm³/mol. The number of ether oxygens (including phenoxy) is 2. The Morgan fingerprint density at radius 1 is 1.19 bits per heavy atom. The molecule has 1 atom stereocenters. The lowest BCUT2D eigenvalue weighted by atomic mass is 10.1. The fourth-order valence-electron chi connectivity index (χ4n) is 3.17. The maximum absolute atomic E-state index is 12.6. The molecular formula is C19H18N2O4S. The Balaban J connectivity index is 1.48. The normalized spacial score (nSPS) is 18.3.